The quantitative estimate of drug-likeness (QED) is 0.604. The van der Waals surface area contributed by atoms with Crippen LogP contribution in [0, 0.1) is 6.92 Å². The van der Waals surface area contributed by atoms with E-state index in [2.05, 4.69) is 57.2 Å². The molecular weight excluding hydrogens is 192 g/mol. The van der Waals surface area contributed by atoms with Crippen molar-refractivity contribution in [1.29, 1.82) is 0 Å². The zero-order valence-electron chi connectivity index (χ0n) is 11.0. The third-order valence-electron chi connectivity index (χ3n) is 2.66. The smallest absolute Gasteiger partial charge is 0.0149 e. The van der Waals surface area contributed by atoms with Crippen LogP contribution in [0.3, 0.4) is 0 Å². The molecule has 0 aliphatic carbocycles. The van der Waals surface area contributed by atoms with E-state index < -0.39 is 0 Å². The van der Waals surface area contributed by atoms with Gasteiger partial charge in [0.05, 0.1) is 0 Å². The molecule has 0 fully saturated rings. The van der Waals surface area contributed by atoms with Crippen LogP contribution in [0.5, 0.6) is 0 Å². The summed E-state index contributed by atoms with van der Waals surface area (Å²) >= 11 is 0. The topological polar surface area (TPSA) is 0 Å². The van der Waals surface area contributed by atoms with Crippen LogP contribution < -0.4 is 0 Å². The van der Waals surface area contributed by atoms with Gasteiger partial charge < -0.3 is 0 Å². The Bertz CT molecular complexity index is 453. The second kappa shape index (κ2) is 5.69. The van der Waals surface area contributed by atoms with Crippen LogP contribution in [-0.4, -0.2) is 0 Å². The Balaban J connectivity index is 0.000000606. The van der Waals surface area contributed by atoms with Crippen molar-refractivity contribution in [3.8, 4) is 0 Å². The minimum atomic E-state index is 0.597. The van der Waals surface area contributed by atoms with E-state index in [0.29, 0.717) is 5.92 Å². The highest BCUT2D eigenvalue weighted by Crippen LogP contribution is 2.26. The maximum Gasteiger partial charge on any atom is -0.0149 e. The average Bonchev–Trinajstić information content (AvgIpc) is 2.30. The number of aryl methyl sites for hydroxylation is 1. The van der Waals surface area contributed by atoms with E-state index in [0.717, 1.165) is 0 Å². The van der Waals surface area contributed by atoms with E-state index in [1.165, 1.54) is 21.9 Å². The second-order valence-corrected chi connectivity index (χ2v) is 4.23. The van der Waals surface area contributed by atoms with Gasteiger partial charge in [0, 0.05) is 0 Å². The number of benzene rings is 2. The zero-order valence-corrected chi connectivity index (χ0v) is 11.0. The largest absolute Gasteiger partial charge is 0.0683 e. The van der Waals surface area contributed by atoms with Gasteiger partial charge in [-0.15, -0.1) is 0 Å². The first-order valence-electron chi connectivity index (χ1n) is 6.18. The lowest BCUT2D eigenvalue weighted by Gasteiger charge is -2.11. The molecule has 0 heteroatoms. The molecule has 0 saturated carbocycles. The van der Waals surface area contributed by atoms with E-state index in [4.69, 9.17) is 0 Å². The molecule has 0 amide bonds. The summed E-state index contributed by atoms with van der Waals surface area (Å²) in [6.07, 6.45) is 0. The third-order valence-corrected chi connectivity index (χ3v) is 2.66. The van der Waals surface area contributed by atoms with Gasteiger partial charge in [-0.3, -0.25) is 0 Å². The van der Waals surface area contributed by atoms with Crippen molar-refractivity contribution in [1.82, 2.24) is 0 Å². The minimum Gasteiger partial charge on any atom is -0.0683 e. The molecule has 86 valence electrons. The van der Waals surface area contributed by atoms with Crippen molar-refractivity contribution in [3.05, 3.63) is 47.5 Å². The molecule has 0 spiro atoms. The standard InChI is InChI=1S/C14H16.C2H6/c1-10(2)14-9-11(3)8-12-6-4-5-7-13(12)14;1-2/h4-10H,1-3H3;1-2H3. The van der Waals surface area contributed by atoms with Gasteiger partial charge in [-0.05, 0) is 29.2 Å². The maximum absolute atomic E-state index is 2.30. The summed E-state index contributed by atoms with van der Waals surface area (Å²) in [5, 5.41) is 2.75. The monoisotopic (exact) mass is 214 g/mol. The molecule has 0 bridgehead atoms. The summed E-state index contributed by atoms with van der Waals surface area (Å²) in [5.74, 6) is 0.597. The van der Waals surface area contributed by atoms with E-state index in [1.807, 2.05) is 13.8 Å². The normalized spacial score (nSPS) is 10.1. The summed E-state index contributed by atoms with van der Waals surface area (Å²) in [6, 6.07) is 13.2. The van der Waals surface area contributed by atoms with Crippen LogP contribution >= 0.6 is 0 Å². The van der Waals surface area contributed by atoms with E-state index in [-0.39, 0.29) is 0 Å². The molecule has 0 aliphatic heterocycles. The lowest BCUT2D eigenvalue weighted by Crippen LogP contribution is -1.90. The molecule has 0 aliphatic rings. The summed E-state index contributed by atoms with van der Waals surface area (Å²) < 4.78 is 0. The molecule has 0 atom stereocenters. The minimum absolute atomic E-state index is 0.597. The molecule has 0 unspecified atom stereocenters. The van der Waals surface area contributed by atoms with Crippen molar-refractivity contribution in [2.24, 2.45) is 0 Å². The van der Waals surface area contributed by atoms with Crippen molar-refractivity contribution in [2.45, 2.75) is 40.5 Å². The van der Waals surface area contributed by atoms with Gasteiger partial charge in [-0.1, -0.05) is 69.7 Å². The van der Waals surface area contributed by atoms with Crippen LogP contribution in [0.4, 0.5) is 0 Å². The third kappa shape index (κ3) is 2.63. The number of fused-ring (bicyclic) bond motifs is 1. The lowest BCUT2D eigenvalue weighted by molar-refractivity contribution is 0.875. The SMILES string of the molecule is CC.Cc1cc(C(C)C)c2ccccc2c1. The van der Waals surface area contributed by atoms with Crippen LogP contribution in [-0.2, 0) is 0 Å². The molecule has 2 rings (SSSR count). The van der Waals surface area contributed by atoms with Crippen LogP contribution in [0.2, 0.25) is 0 Å². The first-order valence-corrected chi connectivity index (χ1v) is 6.18. The molecule has 0 aromatic heterocycles. The molecule has 2 aromatic rings. The first kappa shape index (κ1) is 12.8. The van der Waals surface area contributed by atoms with Crippen LogP contribution in [0.15, 0.2) is 36.4 Å². The van der Waals surface area contributed by atoms with Crippen molar-refractivity contribution in [3.63, 3.8) is 0 Å². The Hall–Kier alpha value is -1.30. The molecule has 0 heterocycles. The molecule has 0 radical (unpaired) electrons. The van der Waals surface area contributed by atoms with Crippen LogP contribution in [0.25, 0.3) is 10.8 Å². The predicted octanol–water partition coefficient (Wildman–Crippen LogP) is 5.30. The highest BCUT2D eigenvalue weighted by molar-refractivity contribution is 5.86. The highest BCUT2D eigenvalue weighted by Gasteiger charge is 2.04. The Morgan fingerprint density at radius 3 is 2.19 bits per heavy atom. The Kier molecular flexibility index (Phi) is 4.54. The number of rotatable bonds is 1. The molecule has 0 saturated heterocycles. The van der Waals surface area contributed by atoms with Gasteiger partial charge in [0.15, 0.2) is 0 Å². The summed E-state index contributed by atoms with van der Waals surface area (Å²) in [4.78, 5) is 0. The molecule has 0 nitrogen and oxygen atoms in total. The van der Waals surface area contributed by atoms with Crippen LogP contribution in [0.1, 0.15) is 44.7 Å². The molecular formula is C16H22. The first-order chi connectivity index (χ1) is 7.68. The fraction of sp³-hybridized carbons (Fsp3) is 0.375. The maximum atomic E-state index is 2.30. The van der Waals surface area contributed by atoms with E-state index in [9.17, 15) is 0 Å². The average molecular weight is 214 g/mol. The highest BCUT2D eigenvalue weighted by atomic mass is 14.1. The Labute approximate surface area is 99.3 Å². The predicted molar refractivity (Wildman–Crippen MR) is 74.1 cm³/mol. The number of hydrogen-bond donors (Lipinski definition) is 0. The zero-order chi connectivity index (χ0) is 12.1. The Morgan fingerprint density at radius 2 is 1.56 bits per heavy atom. The van der Waals surface area contributed by atoms with Crippen molar-refractivity contribution >= 4 is 10.8 Å². The van der Waals surface area contributed by atoms with E-state index >= 15 is 0 Å². The van der Waals surface area contributed by atoms with Gasteiger partial charge >= 0.3 is 0 Å². The molecule has 0 N–H and O–H groups in total. The van der Waals surface area contributed by atoms with Gasteiger partial charge in [0.25, 0.3) is 0 Å². The van der Waals surface area contributed by atoms with E-state index in [1.54, 1.807) is 0 Å². The Morgan fingerprint density at radius 1 is 0.938 bits per heavy atom. The van der Waals surface area contributed by atoms with Crippen molar-refractivity contribution in [2.75, 3.05) is 0 Å². The summed E-state index contributed by atoms with van der Waals surface area (Å²) in [7, 11) is 0. The van der Waals surface area contributed by atoms with Crippen molar-refractivity contribution < 1.29 is 0 Å². The second-order valence-electron chi connectivity index (χ2n) is 4.23. The molecule has 16 heavy (non-hydrogen) atoms. The van der Waals surface area contributed by atoms with Gasteiger partial charge in [0.2, 0.25) is 0 Å². The lowest BCUT2D eigenvalue weighted by atomic mass is 9.94. The summed E-state index contributed by atoms with van der Waals surface area (Å²) in [5.41, 5.74) is 2.81. The summed E-state index contributed by atoms with van der Waals surface area (Å²) in [6.45, 7) is 10.7. The molecule has 2 aromatic carbocycles. The van der Waals surface area contributed by atoms with Gasteiger partial charge in [-0.25, -0.2) is 0 Å². The fourth-order valence-corrected chi connectivity index (χ4v) is 1.97. The van der Waals surface area contributed by atoms with Gasteiger partial charge in [0.1, 0.15) is 0 Å². The fourth-order valence-electron chi connectivity index (χ4n) is 1.97. The van der Waals surface area contributed by atoms with Gasteiger partial charge in [-0.2, -0.15) is 0 Å². The number of hydrogen-bond acceptors (Lipinski definition) is 0.